The molecular weight excluding hydrogens is 208 g/mol. The van der Waals surface area contributed by atoms with E-state index in [-0.39, 0.29) is 23.3 Å². The lowest BCUT2D eigenvalue weighted by Gasteiger charge is -2.27. The van der Waals surface area contributed by atoms with E-state index in [1.165, 1.54) is 0 Å². The minimum atomic E-state index is -0.205. The molecule has 0 saturated heterocycles. The summed E-state index contributed by atoms with van der Waals surface area (Å²) >= 11 is 4.83. The van der Waals surface area contributed by atoms with Gasteiger partial charge in [0, 0.05) is 5.92 Å². The minimum Gasteiger partial charge on any atom is -0.392 e. The van der Waals surface area contributed by atoms with Crippen molar-refractivity contribution < 1.29 is 4.79 Å². The van der Waals surface area contributed by atoms with E-state index < -0.39 is 0 Å². The second-order valence-corrected chi connectivity index (χ2v) is 5.54. The van der Waals surface area contributed by atoms with Gasteiger partial charge in [-0.25, -0.2) is 0 Å². The maximum absolute atomic E-state index is 11.9. The van der Waals surface area contributed by atoms with Crippen LogP contribution < -0.4 is 11.1 Å². The molecule has 1 aliphatic rings. The van der Waals surface area contributed by atoms with Gasteiger partial charge in [0.2, 0.25) is 5.91 Å². The van der Waals surface area contributed by atoms with Crippen molar-refractivity contribution in [2.45, 2.75) is 46.1 Å². The van der Waals surface area contributed by atoms with Crippen LogP contribution >= 0.6 is 12.2 Å². The zero-order valence-corrected chi connectivity index (χ0v) is 10.5. The molecule has 86 valence electrons. The first kappa shape index (κ1) is 12.4. The summed E-state index contributed by atoms with van der Waals surface area (Å²) in [6, 6.07) is -0.205. The van der Waals surface area contributed by atoms with Crippen molar-refractivity contribution >= 4 is 23.1 Å². The van der Waals surface area contributed by atoms with Crippen molar-refractivity contribution in [1.29, 1.82) is 0 Å². The summed E-state index contributed by atoms with van der Waals surface area (Å²) in [5.74, 6) is 0.201. The van der Waals surface area contributed by atoms with Crippen LogP contribution in [0.3, 0.4) is 0 Å². The molecule has 1 amide bonds. The van der Waals surface area contributed by atoms with Gasteiger partial charge in [-0.05, 0) is 25.2 Å². The second-order valence-electron chi connectivity index (χ2n) is 5.07. The number of thiocarbonyl (C=S) groups is 1. The molecule has 1 saturated carbocycles. The van der Waals surface area contributed by atoms with Crippen molar-refractivity contribution in [2.75, 3.05) is 0 Å². The van der Waals surface area contributed by atoms with Gasteiger partial charge in [-0.3, -0.25) is 4.79 Å². The Morgan fingerprint density at radius 2 is 2.20 bits per heavy atom. The lowest BCUT2D eigenvalue weighted by atomic mass is 9.81. The maximum Gasteiger partial charge on any atom is 0.224 e. The van der Waals surface area contributed by atoms with Crippen LogP contribution in [0.2, 0.25) is 0 Å². The van der Waals surface area contributed by atoms with E-state index in [0.29, 0.717) is 4.99 Å². The number of hydrogen-bond acceptors (Lipinski definition) is 2. The molecule has 1 rings (SSSR count). The Bertz CT molecular complexity index is 276. The highest BCUT2D eigenvalue weighted by Gasteiger charge is 2.39. The van der Waals surface area contributed by atoms with E-state index in [2.05, 4.69) is 19.2 Å². The minimum absolute atomic E-state index is 0.0952. The van der Waals surface area contributed by atoms with E-state index in [4.69, 9.17) is 18.0 Å². The van der Waals surface area contributed by atoms with Gasteiger partial charge in [0.25, 0.3) is 0 Å². The number of amides is 1. The Labute approximate surface area is 96.8 Å². The smallest absolute Gasteiger partial charge is 0.224 e. The second kappa shape index (κ2) is 4.47. The quantitative estimate of drug-likeness (QED) is 0.721. The molecule has 1 fully saturated rings. The molecule has 0 bridgehead atoms. The van der Waals surface area contributed by atoms with Crippen LogP contribution in [-0.2, 0) is 4.79 Å². The fourth-order valence-corrected chi connectivity index (χ4v) is 2.26. The molecule has 0 aliphatic heterocycles. The van der Waals surface area contributed by atoms with Crippen molar-refractivity contribution in [3.63, 3.8) is 0 Å². The van der Waals surface area contributed by atoms with Crippen LogP contribution in [0, 0.1) is 11.3 Å². The lowest BCUT2D eigenvalue weighted by Crippen LogP contribution is -2.45. The molecule has 0 radical (unpaired) electrons. The van der Waals surface area contributed by atoms with Gasteiger partial charge >= 0.3 is 0 Å². The van der Waals surface area contributed by atoms with Gasteiger partial charge < -0.3 is 11.1 Å². The Hall–Kier alpha value is -0.640. The van der Waals surface area contributed by atoms with Crippen LogP contribution in [-0.4, -0.2) is 16.9 Å². The van der Waals surface area contributed by atoms with Gasteiger partial charge in [0.15, 0.2) is 0 Å². The highest BCUT2D eigenvalue weighted by atomic mass is 32.1. The van der Waals surface area contributed by atoms with Gasteiger partial charge in [-0.2, -0.15) is 0 Å². The fourth-order valence-electron chi connectivity index (χ4n) is 2.20. The number of rotatable bonds is 3. The molecular formula is C11H20N2OS. The first-order valence-electron chi connectivity index (χ1n) is 5.44. The van der Waals surface area contributed by atoms with Gasteiger partial charge in [-0.1, -0.05) is 32.5 Å². The van der Waals surface area contributed by atoms with Crippen molar-refractivity contribution in [3.8, 4) is 0 Å². The fraction of sp³-hybridized carbons (Fsp3) is 0.818. The molecule has 0 spiro atoms. The standard InChI is InChI=1S/C11H20N2OS/c1-7(9(12)15)13-10(14)8-5-4-6-11(8,2)3/h7-8H,4-6H2,1-3H3,(H2,12,15)(H,13,14). The summed E-state index contributed by atoms with van der Waals surface area (Å²) in [5, 5.41) is 2.87. The summed E-state index contributed by atoms with van der Waals surface area (Å²) < 4.78 is 0. The van der Waals surface area contributed by atoms with E-state index in [9.17, 15) is 4.79 Å². The van der Waals surface area contributed by atoms with Crippen molar-refractivity contribution in [1.82, 2.24) is 5.32 Å². The third kappa shape index (κ3) is 2.91. The SMILES string of the molecule is CC(NC(=O)C1CCCC1(C)C)C(N)=S. The van der Waals surface area contributed by atoms with Gasteiger partial charge in [-0.15, -0.1) is 0 Å². The van der Waals surface area contributed by atoms with Crippen molar-refractivity contribution in [3.05, 3.63) is 0 Å². The molecule has 3 nitrogen and oxygen atoms in total. The monoisotopic (exact) mass is 228 g/mol. The summed E-state index contributed by atoms with van der Waals surface area (Å²) in [4.78, 5) is 12.3. The summed E-state index contributed by atoms with van der Waals surface area (Å²) in [5.41, 5.74) is 5.58. The number of hydrogen-bond donors (Lipinski definition) is 2. The third-order valence-electron chi connectivity index (χ3n) is 3.36. The Balaban J connectivity index is 2.58. The topological polar surface area (TPSA) is 55.1 Å². The zero-order chi connectivity index (χ0) is 11.6. The molecule has 4 heteroatoms. The van der Waals surface area contributed by atoms with Crippen molar-refractivity contribution in [2.24, 2.45) is 17.1 Å². The highest BCUT2D eigenvalue weighted by Crippen LogP contribution is 2.42. The molecule has 15 heavy (non-hydrogen) atoms. The van der Waals surface area contributed by atoms with Gasteiger partial charge in [0.1, 0.15) is 0 Å². The molecule has 0 aromatic heterocycles. The molecule has 3 N–H and O–H groups in total. The normalized spacial score (nSPS) is 25.9. The Kier molecular flexibility index (Phi) is 3.71. The number of carbonyl (C=O) groups is 1. The van der Waals surface area contributed by atoms with E-state index in [0.717, 1.165) is 19.3 Å². The van der Waals surface area contributed by atoms with Crippen LogP contribution in [0.1, 0.15) is 40.0 Å². The third-order valence-corrected chi connectivity index (χ3v) is 3.71. The van der Waals surface area contributed by atoms with Crippen LogP contribution in [0.15, 0.2) is 0 Å². The predicted molar refractivity (Wildman–Crippen MR) is 65.5 cm³/mol. The average Bonchev–Trinajstić information content (AvgIpc) is 2.44. The van der Waals surface area contributed by atoms with E-state index in [1.54, 1.807) is 0 Å². The summed E-state index contributed by atoms with van der Waals surface area (Å²) in [6.07, 6.45) is 3.22. The average molecular weight is 228 g/mol. The predicted octanol–water partition coefficient (Wildman–Crippen LogP) is 1.60. The van der Waals surface area contributed by atoms with Gasteiger partial charge in [0.05, 0.1) is 11.0 Å². The van der Waals surface area contributed by atoms with E-state index in [1.807, 2.05) is 6.92 Å². The summed E-state index contributed by atoms with van der Waals surface area (Å²) in [7, 11) is 0. The highest BCUT2D eigenvalue weighted by molar-refractivity contribution is 7.80. The Morgan fingerprint density at radius 1 is 1.60 bits per heavy atom. The van der Waals surface area contributed by atoms with Crippen LogP contribution in [0.4, 0.5) is 0 Å². The van der Waals surface area contributed by atoms with E-state index >= 15 is 0 Å². The number of carbonyl (C=O) groups excluding carboxylic acids is 1. The molecule has 0 aromatic carbocycles. The van der Waals surface area contributed by atoms with Crippen LogP contribution in [0.25, 0.3) is 0 Å². The first-order valence-corrected chi connectivity index (χ1v) is 5.85. The molecule has 1 aliphatic carbocycles. The molecule has 0 heterocycles. The summed E-state index contributed by atoms with van der Waals surface area (Å²) in [6.45, 7) is 6.12. The zero-order valence-electron chi connectivity index (χ0n) is 9.67. The molecule has 2 unspecified atom stereocenters. The number of nitrogens with one attached hydrogen (secondary N) is 1. The molecule has 0 aromatic rings. The lowest BCUT2D eigenvalue weighted by molar-refractivity contribution is -0.127. The number of nitrogens with two attached hydrogens (primary N) is 1. The largest absolute Gasteiger partial charge is 0.392 e. The maximum atomic E-state index is 11.9. The first-order chi connectivity index (χ1) is 6.84. The Morgan fingerprint density at radius 3 is 2.60 bits per heavy atom. The molecule has 2 atom stereocenters. The van der Waals surface area contributed by atoms with Crippen LogP contribution in [0.5, 0.6) is 0 Å².